The van der Waals surface area contributed by atoms with Crippen LogP contribution >= 0.6 is 27.7 Å². The van der Waals surface area contributed by atoms with Crippen LogP contribution < -0.4 is 5.32 Å². The van der Waals surface area contributed by atoms with Crippen LogP contribution in [0.25, 0.3) is 0 Å². The number of benzene rings is 1. The first-order chi connectivity index (χ1) is 7.66. The third-order valence-electron chi connectivity index (χ3n) is 2.62. The van der Waals surface area contributed by atoms with Gasteiger partial charge in [0.25, 0.3) is 0 Å². The molecule has 0 saturated carbocycles. The third kappa shape index (κ3) is 2.80. The first-order valence-corrected chi connectivity index (χ1v) is 7.17. The second-order valence-electron chi connectivity index (χ2n) is 3.96. The number of rotatable bonds is 1. The highest BCUT2D eigenvalue weighted by atomic mass is 79.9. The van der Waals surface area contributed by atoms with Crippen molar-refractivity contribution < 1.29 is 0 Å². The Hall–Kier alpha value is -0.480. The molecule has 1 aromatic carbocycles. The van der Waals surface area contributed by atoms with E-state index in [4.69, 9.17) is 0 Å². The molecule has 16 heavy (non-hydrogen) atoms. The summed E-state index contributed by atoms with van der Waals surface area (Å²) in [4.78, 5) is 4.60. The lowest BCUT2D eigenvalue weighted by Crippen LogP contribution is -2.18. The van der Waals surface area contributed by atoms with Gasteiger partial charge in [0.15, 0.2) is 5.17 Å². The second-order valence-corrected chi connectivity index (χ2v) is 5.90. The van der Waals surface area contributed by atoms with Crippen molar-refractivity contribution in [2.45, 2.75) is 26.3 Å². The minimum atomic E-state index is 0.441. The summed E-state index contributed by atoms with van der Waals surface area (Å²) in [6, 6.07) is 6.62. The van der Waals surface area contributed by atoms with Gasteiger partial charge in [-0.15, -0.1) is 0 Å². The molecule has 86 valence electrons. The smallest absolute Gasteiger partial charge is 0.161 e. The SMILES string of the molecule is Cc1c(Br)cccc1NC1=NC(C)CCS1. The van der Waals surface area contributed by atoms with Gasteiger partial charge < -0.3 is 5.32 Å². The van der Waals surface area contributed by atoms with Gasteiger partial charge in [0.05, 0.1) is 6.04 Å². The van der Waals surface area contributed by atoms with E-state index < -0.39 is 0 Å². The third-order valence-corrected chi connectivity index (χ3v) is 4.40. The van der Waals surface area contributed by atoms with Crippen LogP contribution in [0, 0.1) is 6.92 Å². The van der Waals surface area contributed by atoms with Crippen molar-refractivity contribution in [3.63, 3.8) is 0 Å². The quantitative estimate of drug-likeness (QED) is 0.846. The Morgan fingerprint density at radius 2 is 2.31 bits per heavy atom. The van der Waals surface area contributed by atoms with Crippen LogP contribution in [0.5, 0.6) is 0 Å². The minimum Gasteiger partial charge on any atom is -0.335 e. The molecule has 0 radical (unpaired) electrons. The number of thioether (sulfide) groups is 1. The van der Waals surface area contributed by atoms with Gasteiger partial charge in [-0.1, -0.05) is 33.8 Å². The summed E-state index contributed by atoms with van der Waals surface area (Å²) >= 11 is 5.34. The monoisotopic (exact) mass is 298 g/mol. The zero-order valence-corrected chi connectivity index (χ0v) is 11.9. The summed E-state index contributed by atoms with van der Waals surface area (Å²) in [6.07, 6.45) is 1.17. The van der Waals surface area contributed by atoms with Gasteiger partial charge in [-0.25, -0.2) is 0 Å². The predicted molar refractivity (Wildman–Crippen MR) is 76.5 cm³/mol. The molecule has 2 rings (SSSR count). The fourth-order valence-corrected chi connectivity index (χ4v) is 3.01. The predicted octanol–water partition coefficient (Wildman–Crippen LogP) is 4.05. The Labute approximate surface area is 109 Å². The van der Waals surface area contributed by atoms with Crippen LogP contribution in [-0.4, -0.2) is 17.0 Å². The van der Waals surface area contributed by atoms with E-state index in [1.54, 1.807) is 11.8 Å². The molecular formula is C12H15BrN2S. The minimum absolute atomic E-state index is 0.441. The van der Waals surface area contributed by atoms with Crippen molar-refractivity contribution in [2.24, 2.45) is 4.99 Å². The van der Waals surface area contributed by atoms with Gasteiger partial charge in [0.2, 0.25) is 0 Å². The van der Waals surface area contributed by atoms with Crippen LogP contribution in [-0.2, 0) is 0 Å². The summed E-state index contributed by atoms with van der Waals surface area (Å²) in [5, 5.41) is 4.44. The van der Waals surface area contributed by atoms with Gasteiger partial charge >= 0.3 is 0 Å². The highest BCUT2D eigenvalue weighted by Crippen LogP contribution is 2.26. The summed E-state index contributed by atoms with van der Waals surface area (Å²) < 4.78 is 1.13. The molecule has 0 aromatic heterocycles. The molecule has 0 fully saturated rings. The second kappa shape index (κ2) is 5.23. The molecule has 0 spiro atoms. The van der Waals surface area contributed by atoms with E-state index in [0.717, 1.165) is 21.1 Å². The largest absolute Gasteiger partial charge is 0.335 e. The standard InChI is InChI=1S/C12H15BrN2S/c1-8-6-7-16-12(14-8)15-11-5-3-4-10(13)9(11)2/h3-5,8H,6-7H2,1-2H3,(H,14,15). The number of halogens is 1. The van der Waals surface area contributed by atoms with Crippen LogP contribution in [0.2, 0.25) is 0 Å². The fraction of sp³-hybridized carbons (Fsp3) is 0.417. The van der Waals surface area contributed by atoms with Crippen molar-refractivity contribution in [3.8, 4) is 0 Å². The maximum Gasteiger partial charge on any atom is 0.161 e. The average molecular weight is 299 g/mol. The Bertz CT molecular complexity index is 417. The number of anilines is 1. The van der Waals surface area contributed by atoms with E-state index in [0.29, 0.717) is 6.04 Å². The van der Waals surface area contributed by atoms with E-state index >= 15 is 0 Å². The maximum atomic E-state index is 4.60. The molecule has 0 aliphatic carbocycles. The van der Waals surface area contributed by atoms with E-state index in [2.05, 4.69) is 52.2 Å². The van der Waals surface area contributed by atoms with Gasteiger partial charge in [-0.3, -0.25) is 4.99 Å². The fourth-order valence-electron chi connectivity index (χ4n) is 1.55. The molecule has 1 aliphatic rings. The molecule has 1 N–H and O–H groups in total. The van der Waals surface area contributed by atoms with Crippen LogP contribution in [0.1, 0.15) is 18.9 Å². The first-order valence-electron chi connectivity index (χ1n) is 5.39. The highest BCUT2D eigenvalue weighted by molar-refractivity contribution is 9.10. The number of amidine groups is 1. The Morgan fingerprint density at radius 3 is 3.06 bits per heavy atom. The number of aliphatic imine (C=N–C) groups is 1. The number of hydrogen-bond acceptors (Lipinski definition) is 3. The Balaban J connectivity index is 2.17. The van der Waals surface area contributed by atoms with Crippen molar-refractivity contribution >= 4 is 38.5 Å². The molecule has 4 heteroatoms. The van der Waals surface area contributed by atoms with Gasteiger partial charge in [0, 0.05) is 15.9 Å². The Morgan fingerprint density at radius 1 is 1.50 bits per heavy atom. The van der Waals surface area contributed by atoms with E-state index in [1.165, 1.54) is 12.0 Å². The molecule has 1 aliphatic heterocycles. The number of nitrogens with one attached hydrogen (secondary N) is 1. The van der Waals surface area contributed by atoms with E-state index in [-0.39, 0.29) is 0 Å². The molecule has 0 saturated heterocycles. The zero-order chi connectivity index (χ0) is 11.5. The number of nitrogens with zero attached hydrogens (tertiary/aromatic N) is 1. The summed E-state index contributed by atoms with van der Waals surface area (Å²) in [7, 11) is 0. The van der Waals surface area contributed by atoms with Crippen LogP contribution in [0.3, 0.4) is 0 Å². The molecule has 1 aromatic rings. The lowest BCUT2D eigenvalue weighted by Gasteiger charge is -2.18. The molecular weight excluding hydrogens is 284 g/mol. The molecule has 2 nitrogen and oxygen atoms in total. The van der Waals surface area contributed by atoms with E-state index in [9.17, 15) is 0 Å². The topological polar surface area (TPSA) is 24.4 Å². The molecule has 0 amide bonds. The lowest BCUT2D eigenvalue weighted by atomic mass is 10.2. The molecule has 1 heterocycles. The van der Waals surface area contributed by atoms with Gasteiger partial charge in [0.1, 0.15) is 0 Å². The molecule has 1 unspecified atom stereocenters. The van der Waals surface area contributed by atoms with Crippen molar-refractivity contribution in [3.05, 3.63) is 28.2 Å². The molecule has 1 atom stereocenters. The van der Waals surface area contributed by atoms with Crippen molar-refractivity contribution in [1.29, 1.82) is 0 Å². The van der Waals surface area contributed by atoms with Crippen LogP contribution in [0.4, 0.5) is 5.69 Å². The lowest BCUT2D eigenvalue weighted by molar-refractivity contribution is 0.720. The van der Waals surface area contributed by atoms with Crippen LogP contribution in [0.15, 0.2) is 27.7 Å². The average Bonchev–Trinajstić information content (AvgIpc) is 2.25. The molecule has 0 bridgehead atoms. The summed E-state index contributed by atoms with van der Waals surface area (Å²) in [6.45, 7) is 4.26. The first kappa shape index (κ1) is 12.0. The van der Waals surface area contributed by atoms with Gasteiger partial charge in [-0.05, 0) is 38.0 Å². The normalized spacial score (nSPS) is 20.4. The summed E-state index contributed by atoms with van der Waals surface area (Å²) in [5.74, 6) is 1.15. The van der Waals surface area contributed by atoms with E-state index in [1.807, 2.05) is 6.07 Å². The van der Waals surface area contributed by atoms with Crippen molar-refractivity contribution in [2.75, 3.05) is 11.1 Å². The summed E-state index contributed by atoms with van der Waals surface area (Å²) in [5.41, 5.74) is 2.36. The highest BCUT2D eigenvalue weighted by Gasteiger charge is 2.12. The Kier molecular flexibility index (Phi) is 3.92. The van der Waals surface area contributed by atoms with Crippen molar-refractivity contribution in [1.82, 2.24) is 0 Å². The number of hydrogen-bond donors (Lipinski definition) is 1. The zero-order valence-electron chi connectivity index (χ0n) is 9.46. The van der Waals surface area contributed by atoms with Gasteiger partial charge in [-0.2, -0.15) is 0 Å². The maximum absolute atomic E-state index is 4.60.